The maximum atomic E-state index is 13.5. The lowest BCUT2D eigenvalue weighted by Crippen LogP contribution is -2.49. The van der Waals surface area contributed by atoms with E-state index < -0.39 is 0 Å². The second-order valence-electron chi connectivity index (χ2n) is 7.17. The van der Waals surface area contributed by atoms with Gasteiger partial charge in [-0.25, -0.2) is 9.97 Å². The zero-order chi connectivity index (χ0) is 19.8. The van der Waals surface area contributed by atoms with Crippen LogP contribution in [0, 0.1) is 0 Å². The van der Waals surface area contributed by atoms with Crippen molar-refractivity contribution in [3.8, 4) is 5.75 Å². The minimum Gasteiger partial charge on any atom is -0.506 e. The van der Waals surface area contributed by atoms with Gasteiger partial charge in [0.15, 0.2) is 0 Å². The van der Waals surface area contributed by atoms with Gasteiger partial charge in [-0.15, -0.1) is 0 Å². The van der Waals surface area contributed by atoms with E-state index in [9.17, 15) is 9.90 Å². The van der Waals surface area contributed by atoms with Crippen molar-refractivity contribution in [2.24, 2.45) is 0 Å². The van der Waals surface area contributed by atoms with Crippen LogP contribution in [0.5, 0.6) is 5.75 Å². The molecular weight excluding hydrogens is 364 g/mol. The lowest BCUT2D eigenvalue weighted by molar-refractivity contribution is 0.0750. The van der Waals surface area contributed by atoms with Crippen molar-refractivity contribution in [1.29, 1.82) is 0 Å². The summed E-state index contributed by atoms with van der Waals surface area (Å²) < 4.78 is 0. The normalized spacial score (nSPS) is 14.5. The highest BCUT2D eigenvalue weighted by Gasteiger charge is 2.25. The third-order valence-electron chi connectivity index (χ3n) is 5.42. The summed E-state index contributed by atoms with van der Waals surface area (Å²) in [6.45, 7) is 2.63. The van der Waals surface area contributed by atoms with Gasteiger partial charge in [0.25, 0.3) is 5.91 Å². The molecule has 1 amide bonds. The van der Waals surface area contributed by atoms with Crippen LogP contribution in [0.15, 0.2) is 66.9 Å². The predicted molar refractivity (Wildman–Crippen MR) is 113 cm³/mol. The number of nitrogens with zero attached hydrogens (tertiary/aromatic N) is 4. The number of pyridine rings is 2. The Morgan fingerprint density at radius 1 is 0.828 bits per heavy atom. The largest absolute Gasteiger partial charge is 0.506 e. The highest BCUT2D eigenvalue weighted by molar-refractivity contribution is 6.16. The number of rotatable bonds is 2. The van der Waals surface area contributed by atoms with Crippen LogP contribution in [0.2, 0.25) is 0 Å². The highest BCUT2D eigenvalue weighted by atomic mass is 16.3. The molecule has 1 fully saturated rings. The SMILES string of the molecule is O=C(c1c2ccccc2nc2ccccc12)N1CCN(c2ccc(O)cn2)CC1. The number of piperazine rings is 1. The van der Waals surface area contributed by atoms with E-state index in [-0.39, 0.29) is 11.7 Å². The van der Waals surface area contributed by atoms with E-state index in [4.69, 9.17) is 4.98 Å². The van der Waals surface area contributed by atoms with Crippen molar-refractivity contribution in [3.05, 3.63) is 72.4 Å². The summed E-state index contributed by atoms with van der Waals surface area (Å²) in [6, 6.07) is 19.1. The van der Waals surface area contributed by atoms with Crippen molar-refractivity contribution in [1.82, 2.24) is 14.9 Å². The number of aromatic hydroxyl groups is 1. The summed E-state index contributed by atoms with van der Waals surface area (Å²) in [6.07, 6.45) is 1.45. The number of amides is 1. The van der Waals surface area contributed by atoms with Crippen LogP contribution in [0.25, 0.3) is 21.8 Å². The molecule has 0 bridgehead atoms. The van der Waals surface area contributed by atoms with E-state index >= 15 is 0 Å². The lowest BCUT2D eigenvalue weighted by atomic mass is 10.0. The Morgan fingerprint density at radius 3 is 2.03 bits per heavy atom. The predicted octanol–water partition coefficient (Wildman–Crippen LogP) is 3.45. The van der Waals surface area contributed by atoms with E-state index in [1.807, 2.05) is 53.4 Å². The van der Waals surface area contributed by atoms with E-state index in [0.717, 1.165) is 33.2 Å². The zero-order valence-corrected chi connectivity index (χ0v) is 15.8. The summed E-state index contributed by atoms with van der Waals surface area (Å²) in [7, 11) is 0. The number of fused-ring (bicyclic) bond motifs is 2. The number of carbonyl (C=O) groups is 1. The Kier molecular flexibility index (Phi) is 4.24. The summed E-state index contributed by atoms with van der Waals surface area (Å²) in [5, 5.41) is 11.2. The molecule has 4 aromatic rings. The molecule has 1 saturated heterocycles. The van der Waals surface area contributed by atoms with Gasteiger partial charge in [-0.2, -0.15) is 0 Å². The van der Waals surface area contributed by atoms with Crippen LogP contribution in [0.3, 0.4) is 0 Å². The Labute approximate surface area is 168 Å². The summed E-state index contributed by atoms with van der Waals surface area (Å²) in [5.74, 6) is 1.01. The van der Waals surface area contributed by atoms with Crippen molar-refractivity contribution in [2.75, 3.05) is 31.1 Å². The number of aromatic nitrogens is 2. The lowest BCUT2D eigenvalue weighted by Gasteiger charge is -2.35. The van der Waals surface area contributed by atoms with E-state index in [0.29, 0.717) is 26.2 Å². The Hall–Kier alpha value is -3.67. The van der Waals surface area contributed by atoms with Crippen molar-refractivity contribution in [3.63, 3.8) is 0 Å². The Morgan fingerprint density at radius 2 is 1.45 bits per heavy atom. The minimum atomic E-state index is 0.0399. The molecule has 1 aliphatic rings. The molecule has 144 valence electrons. The fourth-order valence-corrected chi connectivity index (χ4v) is 3.93. The standard InChI is InChI=1S/C23H20N4O2/c28-16-9-10-21(24-15-16)26-11-13-27(14-12-26)23(29)22-17-5-1-3-7-19(17)25-20-8-4-2-6-18(20)22/h1-10,15,28H,11-14H2. The number of hydrogen-bond donors (Lipinski definition) is 1. The molecule has 1 N–H and O–H groups in total. The fourth-order valence-electron chi connectivity index (χ4n) is 3.93. The molecule has 0 radical (unpaired) electrons. The van der Waals surface area contributed by atoms with Gasteiger partial charge in [-0.05, 0) is 24.3 Å². The topological polar surface area (TPSA) is 69.6 Å². The van der Waals surface area contributed by atoms with Crippen LogP contribution in [0.4, 0.5) is 5.82 Å². The zero-order valence-electron chi connectivity index (χ0n) is 15.8. The van der Waals surface area contributed by atoms with Crippen LogP contribution in [-0.2, 0) is 0 Å². The molecule has 6 nitrogen and oxygen atoms in total. The smallest absolute Gasteiger partial charge is 0.255 e. The van der Waals surface area contributed by atoms with Crippen molar-refractivity contribution in [2.45, 2.75) is 0 Å². The molecule has 5 rings (SSSR count). The number of carbonyl (C=O) groups excluding carboxylic acids is 1. The maximum Gasteiger partial charge on any atom is 0.255 e. The number of benzene rings is 2. The number of anilines is 1. The van der Waals surface area contributed by atoms with Gasteiger partial charge in [0.05, 0.1) is 22.8 Å². The van der Waals surface area contributed by atoms with Crippen molar-refractivity contribution >= 4 is 33.5 Å². The summed E-state index contributed by atoms with van der Waals surface area (Å²) in [4.78, 5) is 26.6. The molecule has 2 aromatic heterocycles. The van der Waals surface area contributed by atoms with E-state index in [1.54, 1.807) is 12.1 Å². The second-order valence-corrected chi connectivity index (χ2v) is 7.17. The van der Waals surface area contributed by atoms with Gasteiger partial charge < -0.3 is 14.9 Å². The number of hydrogen-bond acceptors (Lipinski definition) is 5. The summed E-state index contributed by atoms with van der Waals surface area (Å²) in [5.41, 5.74) is 2.39. The minimum absolute atomic E-state index is 0.0399. The highest BCUT2D eigenvalue weighted by Crippen LogP contribution is 2.28. The first-order valence-electron chi connectivity index (χ1n) is 9.67. The van der Waals surface area contributed by atoms with Gasteiger partial charge in [-0.1, -0.05) is 36.4 Å². The van der Waals surface area contributed by atoms with E-state index in [1.165, 1.54) is 6.20 Å². The molecule has 1 aliphatic heterocycles. The third kappa shape index (κ3) is 3.12. The third-order valence-corrected chi connectivity index (χ3v) is 5.42. The van der Waals surface area contributed by atoms with Crippen molar-refractivity contribution < 1.29 is 9.90 Å². The molecule has 0 aliphatic carbocycles. The van der Waals surface area contributed by atoms with Crippen LogP contribution in [0.1, 0.15) is 10.4 Å². The van der Waals surface area contributed by atoms with E-state index in [2.05, 4.69) is 9.88 Å². The molecular formula is C23H20N4O2. The molecule has 0 unspecified atom stereocenters. The average molecular weight is 384 g/mol. The van der Waals surface area contributed by atoms with Crippen LogP contribution < -0.4 is 4.90 Å². The first-order chi connectivity index (χ1) is 14.2. The van der Waals surface area contributed by atoms with Gasteiger partial charge in [-0.3, -0.25) is 4.79 Å². The summed E-state index contributed by atoms with van der Waals surface area (Å²) >= 11 is 0. The average Bonchev–Trinajstić information content (AvgIpc) is 2.77. The van der Waals surface area contributed by atoms with Gasteiger partial charge >= 0.3 is 0 Å². The molecule has 3 heterocycles. The first kappa shape index (κ1) is 17.4. The van der Waals surface area contributed by atoms with Crippen LogP contribution >= 0.6 is 0 Å². The molecule has 6 heteroatoms. The maximum absolute atomic E-state index is 13.5. The molecule has 0 spiro atoms. The van der Waals surface area contributed by atoms with Gasteiger partial charge in [0.1, 0.15) is 11.6 Å². The Bertz CT molecular complexity index is 1140. The van der Waals surface area contributed by atoms with Gasteiger partial charge in [0.2, 0.25) is 0 Å². The molecule has 0 saturated carbocycles. The monoisotopic (exact) mass is 384 g/mol. The first-order valence-corrected chi connectivity index (χ1v) is 9.67. The molecule has 2 aromatic carbocycles. The quantitative estimate of drug-likeness (QED) is 0.536. The molecule has 29 heavy (non-hydrogen) atoms. The molecule has 0 atom stereocenters. The fraction of sp³-hybridized carbons (Fsp3) is 0.174. The number of para-hydroxylation sites is 2. The van der Waals surface area contributed by atoms with Gasteiger partial charge in [0, 0.05) is 37.0 Å². The Balaban J connectivity index is 1.46. The second kappa shape index (κ2) is 7.05. The van der Waals surface area contributed by atoms with Crippen LogP contribution in [-0.4, -0.2) is 52.1 Å².